The molecule has 0 saturated carbocycles. The molecule has 6 heteroatoms. The molecule has 5 nitrogen and oxygen atoms in total. The first-order valence-electron chi connectivity index (χ1n) is 6.19. The lowest BCUT2D eigenvalue weighted by molar-refractivity contribution is 0.553. The van der Waals surface area contributed by atoms with Crippen LogP contribution < -0.4 is 11.3 Å². The highest BCUT2D eigenvalue weighted by molar-refractivity contribution is 7.12. The fraction of sp³-hybridized carbons (Fsp3) is 0.500. The van der Waals surface area contributed by atoms with Crippen molar-refractivity contribution in [3.05, 3.63) is 33.3 Å². The van der Waals surface area contributed by atoms with Crippen LogP contribution in [0.5, 0.6) is 0 Å². The van der Waals surface area contributed by atoms with Crippen LogP contribution in [0.3, 0.4) is 0 Å². The smallest absolute Gasteiger partial charge is 0.0846 e. The van der Waals surface area contributed by atoms with Crippen LogP contribution in [0, 0.1) is 0 Å². The maximum absolute atomic E-state index is 5.68. The fourth-order valence-electron chi connectivity index (χ4n) is 2.46. The zero-order chi connectivity index (χ0) is 12.5. The summed E-state index contributed by atoms with van der Waals surface area (Å²) in [5.74, 6) is 5.68. The van der Waals surface area contributed by atoms with E-state index in [4.69, 9.17) is 5.84 Å². The third-order valence-corrected chi connectivity index (χ3v) is 4.72. The predicted molar refractivity (Wildman–Crippen MR) is 71.1 cm³/mol. The van der Waals surface area contributed by atoms with Crippen molar-refractivity contribution in [2.75, 3.05) is 0 Å². The van der Waals surface area contributed by atoms with Crippen molar-refractivity contribution in [1.29, 1.82) is 0 Å². The van der Waals surface area contributed by atoms with Crippen molar-refractivity contribution < 1.29 is 0 Å². The molecule has 96 valence electrons. The minimum Gasteiger partial charge on any atom is -0.271 e. The van der Waals surface area contributed by atoms with E-state index in [-0.39, 0.29) is 6.04 Å². The maximum atomic E-state index is 5.68. The molecule has 0 radical (unpaired) electrons. The van der Waals surface area contributed by atoms with Crippen molar-refractivity contribution in [2.24, 2.45) is 12.9 Å². The van der Waals surface area contributed by atoms with E-state index >= 15 is 0 Å². The van der Waals surface area contributed by atoms with Crippen LogP contribution >= 0.6 is 11.3 Å². The van der Waals surface area contributed by atoms with Gasteiger partial charge in [0.05, 0.1) is 11.7 Å². The highest BCUT2D eigenvalue weighted by Crippen LogP contribution is 2.34. The number of aryl methyl sites for hydroxylation is 3. The molecule has 3 N–H and O–H groups in total. The normalized spacial score (nSPS) is 15.9. The molecular formula is C12H17N5S. The van der Waals surface area contributed by atoms with Crippen LogP contribution in [-0.4, -0.2) is 15.0 Å². The molecule has 3 rings (SSSR count). The van der Waals surface area contributed by atoms with Crippen LogP contribution in [-0.2, 0) is 26.3 Å². The molecule has 2 aromatic heterocycles. The zero-order valence-corrected chi connectivity index (χ0v) is 11.2. The standard InChI is InChI=1S/C12H17N5S/c1-17-7-9(15-16-17)6-10(14-13)12-5-8-3-2-4-11(8)18-12/h5,7,10,14H,2-4,6,13H2,1H3. The van der Waals surface area contributed by atoms with E-state index in [0.29, 0.717) is 0 Å². The number of aromatic nitrogens is 3. The largest absolute Gasteiger partial charge is 0.271 e. The van der Waals surface area contributed by atoms with Gasteiger partial charge >= 0.3 is 0 Å². The number of nitrogens with two attached hydrogens (primary N) is 1. The van der Waals surface area contributed by atoms with Crippen LogP contribution in [0.25, 0.3) is 0 Å². The molecule has 1 unspecified atom stereocenters. The Bertz CT molecular complexity index is 523. The van der Waals surface area contributed by atoms with Gasteiger partial charge in [-0.3, -0.25) is 16.0 Å². The summed E-state index contributed by atoms with van der Waals surface area (Å²) in [4.78, 5) is 2.84. The molecular weight excluding hydrogens is 246 g/mol. The molecule has 2 aromatic rings. The van der Waals surface area contributed by atoms with E-state index in [1.807, 2.05) is 24.6 Å². The third-order valence-electron chi connectivity index (χ3n) is 3.37. The molecule has 1 aliphatic carbocycles. The lowest BCUT2D eigenvalue weighted by Gasteiger charge is -2.12. The Labute approximate surface area is 110 Å². The lowest BCUT2D eigenvalue weighted by atomic mass is 10.1. The number of thiophene rings is 1. The fourth-order valence-corrected chi connectivity index (χ4v) is 3.78. The van der Waals surface area contributed by atoms with E-state index in [2.05, 4.69) is 21.8 Å². The van der Waals surface area contributed by atoms with Gasteiger partial charge in [0, 0.05) is 29.4 Å². The summed E-state index contributed by atoms with van der Waals surface area (Å²) in [7, 11) is 1.88. The van der Waals surface area contributed by atoms with Gasteiger partial charge in [-0.15, -0.1) is 16.4 Å². The van der Waals surface area contributed by atoms with Gasteiger partial charge in [-0.2, -0.15) is 0 Å². The topological polar surface area (TPSA) is 68.8 Å². The first kappa shape index (κ1) is 11.8. The quantitative estimate of drug-likeness (QED) is 0.640. The summed E-state index contributed by atoms with van der Waals surface area (Å²) >= 11 is 1.88. The van der Waals surface area contributed by atoms with Crippen LogP contribution in [0.2, 0.25) is 0 Å². The van der Waals surface area contributed by atoms with Gasteiger partial charge in [0.25, 0.3) is 0 Å². The van der Waals surface area contributed by atoms with Gasteiger partial charge in [0.1, 0.15) is 0 Å². The van der Waals surface area contributed by atoms with Crippen molar-refractivity contribution in [3.63, 3.8) is 0 Å². The molecule has 0 saturated heterocycles. The molecule has 2 heterocycles. The van der Waals surface area contributed by atoms with Gasteiger partial charge in [-0.05, 0) is 30.9 Å². The number of nitrogens with zero attached hydrogens (tertiary/aromatic N) is 3. The Kier molecular flexibility index (Phi) is 3.15. The van der Waals surface area contributed by atoms with Gasteiger partial charge < -0.3 is 0 Å². The molecule has 0 aliphatic heterocycles. The summed E-state index contributed by atoms with van der Waals surface area (Å²) in [5, 5.41) is 8.06. The van der Waals surface area contributed by atoms with Gasteiger partial charge in [0.15, 0.2) is 0 Å². The van der Waals surface area contributed by atoms with Crippen molar-refractivity contribution in [3.8, 4) is 0 Å². The van der Waals surface area contributed by atoms with Gasteiger partial charge in [-0.1, -0.05) is 5.21 Å². The SMILES string of the molecule is Cn1cc(CC(NN)c2cc3c(s2)CCC3)nn1. The van der Waals surface area contributed by atoms with Crippen molar-refractivity contribution in [1.82, 2.24) is 20.4 Å². The Morgan fingerprint density at radius 2 is 2.44 bits per heavy atom. The number of hydrogen-bond acceptors (Lipinski definition) is 5. The summed E-state index contributed by atoms with van der Waals surface area (Å²) in [5.41, 5.74) is 5.37. The highest BCUT2D eigenvalue weighted by Gasteiger charge is 2.20. The van der Waals surface area contributed by atoms with Crippen LogP contribution in [0.15, 0.2) is 12.3 Å². The second-order valence-electron chi connectivity index (χ2n) is 4.76. The molecule has 0 spiro atoms. The minimum atomic E-state index is 0.136. The molecule has 1 aliphatic rings. The molecule has 0 amide bonds. The summed E-state index contributed by atoms with van der Waals surface area (Å²) < 4.78 is 1.72. The lowest BCUT2D eigenvalue weighted by Crippen LogP contribution is -2.29. The number of hydrogen-bond donors (Lipinski definition) is 2. The highest BCUT2D eigenvalue weighted by atomic mass is 32.1. The average molecular weight is 263 g/mol. The van der Waals surface area contributed by atoms with Crippen molar-refractivity contribution >= 4 is 11.3 Å². The molecule has 0 aromatic carbocycles. The molecule has 18 heavy (non-hydrogen) atoms. The maximum Gasteiger partial charge on any atom is 0.0846 e. The summed E-state index contributed by atoms with van der Waals surface area (Å²) in [6.07, 6.45) is 6.46. The number of rotatable bonds is 4. The van der Waals surface area contributed by atoms with Gasteiger partial charge in [-0.25, -0.2) is 0 Å². The summed E-state index contributed by atoms with van der Waals surface area (Å²) in [6.45, 7) is 0. The van der Waals surface area contributed by atoms with E-state index in [0.717, 1.165) is 12.1 Å². The Morgan fingerprint density at radius 1 is 1.56 bits per heavy atom. The van der Waals surface area contributed by atoms with Gasteiger partial charge in [0.2, 0.25) is 0 Å². The van der Waals surface area contributed by atoms with Crippen LogP contribution in [0.4, 0.5) is 0 Å². The second-order valence-corrected chi connectivity index (χ2v) is 5.93. The number of hydrazine groups is 1. The third kappa shape index (κ3) is 2.19. The van der Waals surface area contributed by atoms with Crippen LogP contribution in [0.1, 0.15) is 33.5 Å². The summed E-state index contributed by atoms with van der Waals surface area (Å²) in [6, 6.07) is 2.44. The first-order valence-corrected chi connectivity index (χ1v) is 7.00. The molecule has 1 atom stereocenters. The zero-order valence-electron chi connectivity index (χ0n) is 10.4. The monoisotopic (exact) mass is 263 g/mol. The predicted octanol–water partition coefficient (Wildman–Crippen LogP) is 1.11. The Balaban J connectivity index is 1.79. The second kappa shape index (κ2) is 4.79. The first-order chi connectivity index (χ1) is 8.76. The molecule has 0 bridgehead atoms. The van der Waals surface area contributed by atoms with E-state index in [1.165, 1.54) is 34.6 Å². The van der Waals surface area contributed by atoms with E-state index in [1.54, 1.807) is 4.68 Å². The Morgan fingerprint density at radius 3 is 3.11 bits per heavy atom. The molecule has 0 fully saturated rings. The van der Waals surface area contributed by atoms with E-state index in [9.17, 15) is 0 Å². The van der Waals surface area contributed by atoms with Crippen molar-refractivity contribution in [2.45, 2.75) is 31.7 Å². The Hall–Kier alpha value is -1.24. The van der Waals surface area contributed by atoms with E-state index < -0.39 is 0 Å². The average Bonchev–Trinajstić information content (AvgIpc) is 3.00. The number of nitrogens with one attached hydrogen (secondary N) is 1. The number of fused-ring (bicyclic) bond motifs is 1. The minimum absolute atomic E-state index is 0.136.